The van der Waals surface area contributed by atoms with Crippen LogP contribution in [0.3, 0.4) is 0 Å². The first-order valence-corrected chi connectivity index (χ1v) is 10.0. The molecule has 2 heterocycles. The van der Waals surface area contributed by atoms with E-state index in [0.717, 1.165) is 21.3 Å². The molecule has 0 aliphatic heterocycles. The first-order valence-electron chi connectivity index (χ1n) is 6.87. The Hall–Kier alpha value is -1.44. The minimum atomic E-state index is -3.64. The lowest BCUT2D eigenvalue weighted by atomic mass is 10.1. The van der Waals surface area contributed by atoms with Crippen LogP contribution in [0.5, 0.6) is 0 Å². The van der Waals surface area contributed by atoms with Gasteiger partial charge in [0.15, 0.2) is 0 Å². The molecule has 1 aromatic carbocycles. The van der Waals surface area contributed by atoms with Crippen LogP contribution >= 0.6 is 22.7 Å². The summed E-state index contributed by atoms with van der Waals surface area (Å²) >= 11 is 2.62. The molecule has 0 atom stereocenters. The summed E-state index contributed by atoms with van der Waals surface area (Å²) in [6.07, 6.45) is 0. The van der Waals surface area contributed by atoms with E-state index in [1.165, 1.54) is 22.7 Å². The zero-order valence-electron chi connectivity index (χ0n) is 12.5. The number of aromatic nitrogens is 1. The molecule has 116 valence electrons. The van der Waals surface area contributed by atoms with Gasteiger partial charge in [0.05, 0.1) is 10.2 Å². The third-order valence-electron chi connectivity index (χ3n) is 3.38. The molecule has 0 aliphatic rings. The summed E-state index contributed by atoms with van der Waals surface area (Å²) in [7, 11) is -3.64. The summed E-state index contributed by atoms with van der Waals surface area (Å²) in [5.74, 6) is 0. The standard InChI is InChI=1S/C15H16N2O2S3/c1-4-17-12-9-10(2)8-11(3)14(12)21-15(17)16-22(18,19)13-6-5-7-20-13/h5-9H,4H2,1-3H3/b16-15-. The second-order valence-electron chi connectivity index (χ2n) is 5.06. The molecule has 22 heavy (non-hydrogen) atoms. The number of benzene rings is 1. The van der Waals surface area contributed by atoms with E-state index in [1.807, 2.05) is 25.3 Å². The summed E-state index contributed by atoms with van der Waals surface area (Å²) in [5, 5.41) is 1.74. The first-order chi connectivity index (χ1) is 10.4. The molecule has 0 saturated carbocycles. The van der Waals surface area contributed by atoms with Gasteiger partial charge in [-0.25, -0.2) is 0 Å². The molecule has 2 aromatic heterocycles. The van der Waals surface area contributed by atoms with Crippen LogP contribution in [0.4, 0.5) is 0 Å². The van der Waals surface area contributed by atoms with Crippen molar-refractivity contribution >= 4 is 42.9 Å². The Balaban J connectivity index is 2.32. The van der Waals surface area contributed by atoms with Gasteiger partial charge in [0.2, 0.25) is 4.80 Å². The highest BCUT2D eigenvalue weighted by Crippen LogP contribution is 2.24. The Morgan fingerprint density at radius 1 is 1.27 bits per heavy atom. The normalized spacial score (nSPS) is 13.1. The molecule has 7 heteroatoms. The third kappa shape index (κ3) is 2.64. The lowest BCUT2D eigenvalue weighted by Gasteiger charge is -2.03. The molecule has 3 aromatic rings. The largest absolute Gasteiger partial charge is 0.316 e. The summed E-state index contributed by atoms with van der Waals surface area (Å²) in [6.45, 7) is 6.77. The molecule has 0 N–H and O–H groups in total. The predicted octanol–water partition coefficient (Wildman–Crippen LogP) is 3.69. The van der Waals surface area contributed by atoms with Crippen molar-refractivity contribution in [3.05, 3.63) is 45.6 Å². The number of sulfonamides is 1. The zero-order chi connectivity index (χ0) is 15.9. The van der Waals surface area contributed by atoms with Crippen molar-refractivity contribution in [2.45, 2.75) is 31.5 Å². The SMILES string of the molecule is CCn1/c(=N/S(=O)(=O)c2cccs2)sc2c(C)cc(C)cc21. The Morgan fingerprint density at radius 2 is 2.05 bits per heavy atom. The highest BCUT2D eigenvalue weighted by molar-refractivity contribution is 7.92. The molecule has 0 radical (unpaired) electrons. The van der Waals surface area contributed by atoms with E-state index in [0.29, 0.717) is 11.3 Å². The molecule has 3 rings (SSSR count). The van der Waals surface area contributed by atoms with Gasteiger partial charge in [0.1, 0.15) is 4.21 Å². The van der Waals surface area contributed by atoms with E-state index in [9.17, 15) is 8.42 Å². The van der Waals surface area contributed by atoms with Crippen molar-refractivity contribution in [2.24, 2.45) is 4.40 Å². The molecule has 4 nitrogen and oxygen atoms in total. The van der Waals surface area contributed by atoms with Gasteiger partial charge in [-0.1, -0.05) is 23.5 Å². The fraction of sp³-hybridized carbons (Fsp3) is 0.267. The monoisotopic (exact) mass is 352 g/mol. The van der Waals surface area contributed by atoms with Gasteiger partial charge < -0.3 is 4.57 Å². The van der Waals surface area contributed by atoms with Gasteiger partial charge >= 0.3 is 0 Å². The van der Waals surface area contributed by atoms with E-state index in [1.54, 1.807) is 17.5 Å². The van der Waals surface area contributed by atoms with Crippen molar-refractivity contribution in [1.82, 2.24) is 4.57 Å². The van der Waals surface area contributed by atoms with Crippen LogP contribution in [0.2, 0.25) is 0 Å². The van der Waals surface area contributed by atoms with Crippen LogP contribution in [0.1, 0.15) is 18.1 Å². The fourth-order valence-electron chi connectivity index (χ4n) is 2.45. The summed E-state index contributed by atoms with van der Waals surface area (Å²) in [6, 6.07) is 7.50. The van der Waals surface area contributed by atoms with E-state index in [2.05, 4.69) is 16.5 Å². The molecule has 0 aliphatic carbocycles. The third-order valence-corrected chi connectivity index (χ3v) is 7.36. The van der Waals surface area contributed by atoms with Crippen molar-refractivity contribution in [3.63, 3.8) is 0 Å². The second kappa shape index (κ2) is 5.64. The summed E-state index contributed by atoms with van der Waals surface area (Å²) in [5.41, 5.74) is 3.36. The molecule has 0 spiro atoms. The Morgan fingerprint density at radius 3 is 2.68 bits per heavy atom. The lowest BCUT2D eigenvalue weighted by Crippen LogP contribution is -2.15. The minimum absolute atomic E-state index is 0.278. The number of nitrogens with zero attached hydrogens (tertiary/aromatic N) is 2. The van der Waals surface area contributed by atoms with Crippen LogP contribution in [0.15, 0.2) is 38.3 Å². The van der Waals surface area contributed by atoms with Crippen molar-refractivity contribution in [3.8, 4) is 0 Å². The minimum Gasteiger partial charge on any atom is -0.316 e. The number of thiazole rings is 1. The van der Waals surface area contributed by atoms with Crippen LogP contribution in [-0.2, 0) is 16.6 Å². The second-order valence-corrected chi connectivity index (χ2v) is 8.81. The summed E-state index contributed by atoms with van der Waals surface area (Å²) < 4.78 is 32.2. The maximum absolute atomic E-state index is 12.4. The highest BCUT2D eigenvalue weighted by atomic mass is 32.2. The number of hydrogen-bond acceptors (Lipinski definition) is 4. The van der Waals surface area contributed by atoms with E-state index >= 15 is 0 Å². The van der Waals surface area contributed by atoms with Gasteiger partial charge in [0, 0.05) is 6.54 Å². The van der Waals surface area contributed by atoms with Crippen molar-refractivity contribution < 1.29 is 8.42 Å². The van der Waals surface area contributed by atoms with E-state index in [-0.39, 0.29) is 4.21 Å². The molecular formula is C15H16N2O2S3. The average Bonchev–Trinajstić information content (AvgIpc) is 3.06. The quantitative estimate of drug-likeness (QED) is 0.722. The predicted molar refractivity (Wildman–Crippen MR) is 92.0 cm³/mol. The topological polar surface area (TPSA) is 51.4 Å². The van der Waals surface area contributed by atoms with Gasteiger partial charge in [-0.15, -0.1) is 15.7 Å². The highest BCUT2D eigenvalue weighted by Gasteiger charge is 2.16. The fourth-order valence-corrected chi connectivity index (χ4v) is 5.76. The average molecular weight is 353 g/mol. The Kier molecular flexibility index (Phi) is 3.96. The maximum Gasteiger partial charge on any atom is 0.294 e. The van der Waals surface area contributed by atoms with Crippen molar-refractivity contribution in [2.75, 3.05) is 0 Å². The number of hydrogen-bond donors (Lipinski definition) is 0. The van der Waals surface area contributed by atoms with Gasteiger partial charge in [0.25, 0.3) is 10.0 Å². The van der Waals surface area contributed by atoms with Gasteiger partial charge in [-0.05, 0) is 49.4 Å². The van der Waals surface area contributed by atoms with Gasteiger partial charge in [-0.3, -0.25) is 0 Å². The van der Waals surface area contributed by atoms with E-state index < -0.39 is 10.0 Å². The summed E-state index contributed by atoms with van der Waals surface area (Å²) in [4.78, 5) is 0.527. The zero-order valence-corrected chi connectivity index (χ0v) is 15.0. The molecule has 0 saturated heterocycles. The van der Waals surface area contributed by atoms with E-state index in [4.69, 9.17) is 0 Å². The number of fused-ring (bicyclic) bond motifs is 1. The molecule has 0 bridgehead atoms. The molecule has 0 amide bonds. The number of thiophene rings is 1. The maximum atomic E-state index is 12.4. The van der Waals surface area contributed by atoms with Crippen LogP contribution < -0.4 is 4.80 Å². The number of rotatable bonds is 3. The number of aryl methyl sites for hydroxylation is 3. The lowest BCUT2D eigenvalue weighted by molar-refractivity contribution is 0.597. The van der Waals surface area contributed by atoms with Crippen molar-refractivity contribution in [1.29, 1.82) is 0 Å². The Labute approximate surface area is 137 Å². The van der Waals surface area contributed by atoms with Crippen LogP contribution in [0, 0.1) is 13.8 Å². The smallest absolute Gasteiger partial charge is 0.294 e. The molecular weight excluding hydrogens is 336 g/mol. The first kappa shape index (κ1) is 15.5. The van der Waals surface area contributed by atoms with Crippen LogP contribution in [0.25, 0.3) is 10.2 Å². The van der Waals surface area contributed by atoms with Gasteiger partial charge in [-0.2, -0.15) is 8.42 Å². The van der Waals surface area contributed by atoms with Crippen LogP contribution in [-0.4, -0.2) is 13.0 Å². The molecule has 0 fully saturated rings. The molecule has 0 unspecified atom stereocenters. The Bertz CT molecular complexity index is 994.